The summed E-state index contributed by atoms with van der Waals surface area (Å²) >= 11 is 0. The van der Waals surface area contributed by atoms with Gasteiger partial charge in [-0.1, -0.05) is 0 Å². The molecule has 1 atom stereocenters. The zero-order valence-corrected chi connectivity index (χ0v) is 9.47. The molecule has 2 N–H and O–H groups in total. The number of fused-ring (bicyclic) bond motifs is 1. The zero-order valence-electron chi connectivity index (χ0n) is 9.47. The standard InChI is InChI=1S/C12H18N4/c13-11-8-14-4-3-12(11)16-7-6-15-5-1-2-10(15)9-16/h3-4,8,10H,1-2,5-7,9,13H2/t10-/m1/s1. The van der Waals surface area contributed by atoms with Gasteiger partial charge in [0.1, 0.15) is 0 Å². The van der Waals surface area contributed by atoms with Crippen LogP contribution in [0.1, 0.15) is 12.8 Å². The third-order valence-corrected chi connectivity index (χ3v) is 3.76. The monoisotopic (exact) mass is 218 g/mol. The Kier molecular flexibility index (Phi) is 2.44. The number of anilines is 2. The summed E-state index contributed by atoms with van der Waals surface area (Å²) in [4.78, 5) is 9.06. The van der Waals surface area contributed by atoms with Gasteiger partial charge < -0.3 is 10.6 Å². The molecule has 0 bridgehead atoms. The highest BCUT2D eigenvalue weighted by atomic mass is 15.3. The van der Waals surface area contributed by atoms with Crippen LogP contribution in [0.15, 0.2) is 18.5 Å². The van der Waals surface area contributed by atoms with Crippen molar-refractivity contribution in [1.29, 1.82) is 0 Å². The van der Waals surface area contributed by atoms with Gasteiger partial charge in [0.25, 0.3) is 0 Å². The van der Waals surface area contributed by atoms with Crippen LogP contribution in [0.25, 0.3) is 0 Å². The second-order valence-corrected chi connectivity index (χ2v) is 4.71. The molecular weight excluding hydrogens is 200 g/mol. The molecule has 2 aliphatic heterocycles. The van der Waals surface area contributed by atoms with Gasteiger partial charge in [0, 0.05) is 31.9 Å². The number of hydrogen-bond acceptors (Lipinski definition) is 4. The van der Waals surface area contributed by atoms with Crippen LogP contribution in [0.4, 0.5) is 11.4 Å². The molecule has 86 valence electrons. The number of nitrogens with zero attached hydrogens (tertiary/aromatic N) is 3. The second-order valence-electron chi connectivity index (χ2n) is 4.71. The van der Waals surface area contributed by atoms with Crippen LogP contribution in [-0.2, 0) is 0 Å². The van der Waals surface area contributed by atoms with E-state index in [1.54, 1.807) is 6.20 Å². The van der Waals surface area contributed by atoms with Crippen LogP contribution >= 0.6 is 0 Å². The zero-order chi connectivity index (χ0) is 11.0. The smallest absolute Gasteiger partial charge is 0.0738 e. The maximum atomic E-state index is 5.97. The van der Waals surface area contributed by atoms with Gasteiger partial charge in [-0.3, -0.25) is 9.88 Å². The molecule has 4 heteroatoms. The third-order valence-electron chi connectivity index (χ3n) is 3.76. The molecule has 16 heavy (non-hydrogen) atoms. The fourth-order valence-electron chi connectivity index (χ4n) is 2.90. The molecule has 3 heterocycles. The van der Waals surface area contributed by atoms with Crippen LogP contribution in [0, 0.1) is 0 Å². The van der Waals surface area contributed by atoms with Gasteiger partial charge in [-0.05, 0) is 25.5 Å². The molecule has 0 radical (unpaired) electrons. The van der Waals surface area contributed by atoms with Gasteiger partial charge in [-0.25, -0.2) is 0 Å². The van der Waals surface area contributed by atoms with Crippen molar-refractivity contribution < 1.29 is 0 Å². The SMILES string of the molecule is Nc1cnccc1N1CCN2CCC[C@@H]2C1. The molecule has 0 aromatic carbocycles. The van der Waals surface area contributed by atoms with Gasteiger partial charge >= 0.3 is 0 Å². The quantitative estimate of drug-likeness (QED) is 0.762. The molecular formula is C12H18N4. The van der Waals surface area contributed by atoms with Crippen molar-refractivity contribution in [2.45, 2.75) is 18.9 Å². The molecule has 1 aromatic rings. The number of pyridine rings is 1. The van der Waals surface area contributed by atoms with E-state index in [2.05, 4.69) is 14.8 Å². The van der Waals surface area contributed by atoms with E-state index in [9.17, 15) is 0 Å². The number of nitrogen functional groups attached to an aromatic ring is 1. The highest BCUT2D eigenvalue weighted by Crippen LogP contribution is 2.28. The molecule has 0 aliphatic carbocycles. The number of piperazine rings is 1. The van der Waals surface area contributed by atoms with Crippen LogP contribution in [0.2, 0.25) is 0 Å². The topological polar surface area (TPSA) is 45.4 Å². The summed E-state index contributed by atoms with van der Waals surface area (Å²) in [6.07, 6.45) is 6.26. The van der Waals surface area contributed by atoms with Crippen molar-refractivity contribution in [2.75, 3.05) is 36.8 Å². The first-order valence-corrected chi connectivity index (χ1v) is 6.03. The Morgan fingerprint density at radius 2 is 2.25 bits per heavy atom. The molecule has 3 rings (SSSR count). The number of nitrogens with two attached hydrogens (primary N) is 1. The van der Waals surface area contributed by atoms with Gasteiger partial charge in [-0.2, -0.15) is 0 Å². The largest absolute Gasteiger partial charge is 0.396 e. The van der Waals surface area contributed by atoms with Crippen molar-refractivity contribution in [3.05, 3.63) is 18.5 Å². The van der Waals surface area contributed by atoms with E-state index in [4.69, 9.17) is 5.73 Å². The third kappa shape index (κ3) is 1.63. The Bertz CT molecular complexity index is 379. The number of hydrogen-bond donors (Lipinski definition) is 1. The molecule has 0 unspecified atom stereocenters. The Balaban J connectivity index is 1.79. The molecule has 0 spiro atoms. The second kappa shape index (κ2) is 3.94. The summed E-state index contributed by atoms with van der Waals surface area (Å²) < 4.78 is 0. The summed E-state index contributed by atoms with van der Waals surface area (Å²) in [5, 5.41) is 0. The Labute approximate surface area is 96.1 Å². The minimum atomic E-state index is 0.737. The molecule has 1 aromatic heterocycles. The van der Waals surface area contributed by atoms with E-state index in [1.807, 2.05) is 12.3 Å². The predicted octanol–water partition coefficient (Wildman–Crippen LogP) is 0.948. The van der Waals surface area contributed by atoms with E-state index in [0.717, 1.165) is 30.5 Å². The minimum Gasteiger partial charge on any atom is -0.396 e. The molecule has 2 aliphatic rings. The first-order chi connectivity index (χ1) is 7.84. The molecule has 2 fully saturated rings. The average Bonchev–Trinajstić information content (AvgIpc) is 2.76. The summed E-state index contributed by atoms with van der Waals surface area (Å²) in [6, 6.07) is 2.77. The van der Waals surface area contributed by atoms with Gasteiger partial charge in [-0.15, -0.1) is 0 Å². The van der Waals surface area contributed by atoms with E-state index in [0.29, 0.717) is 0 Å². The average molecular weight is 218 g/mol. The molecule has 2 saturated heterocycles. The van der Waals surface area contributed by atoms with Gasteiger partial charge in [0.05, 0.1) is 17.6 Å². The fourth-order valence-corrected chi connectivity index (χ4v) is 2.90. The Morgan fingerprint density at radius 1 is 1.31 bits per heavy atom. The highest BCUT2D eigenvalue weighted by Gasteiger charge is 2.30. The molecule has 0 saturated carbocycles. The summed E-state index contributed by atoms with van der Waals surface area (Å²) in [5.41, 5.74) is 7.92. The highest BCUT2D eigenvalue weighted by molar-refractivity contribution is 5.66. The lowest BCUT2D eigenvalue weighted by Gasteiger charge is -2.39. The lowest BCUT2D eigenvalue weighted by atomic mass is 10.1. The first-order valence-electron chi connectivity index (χ1n) is 6.03. The van der Waals surface area contributed by atoms with Gasteiger partial charge in [0.2, 0.25) is 0 Å². The maximum absolute atomic E-state index is 5.97. The maximum Gasteiger partial charge on any atom is 0.0738 e. The Morgan fingerprint density at radius 3 is 3.12 bits per heavy atom. The van der Waals surface area contributed by atoms with Crippen molar-refractivity contribution in [2.24, 2.45) is 0 Å². The van der Waals surface area contributed by atoms with Crippen molar-refractivity contribution in [3.8, 4) is 0 Å². The lowest BCUT2D eigenvalue weighted by Crippen LogP contribution is -2.50. The van der Waals surface area contributed by atoms with Crippen molar-refractivity contribution >= 4 is 11.4 Å². The summed E-state index contributed by atoms with van der Waals surface area (Å²) in [5.74, 6) is 0. The van der Waals surface area contributed by atoms with Crippen molar-refractivity contribution in [3.63, 3.8) is 0 Å². The van der Waals surface area contributed by atoms with E-state index < -0.39 is 0 Å². The van der Waals surface area contributed by atoms with E-state index in [1.165, 1.54) is 25.9 Å². The lowest BCUT2D eigenvalue weighted by molar-refractivity contribution is 0.231. The minimum absolute atomic E-state index is 0.737. The van der Waals surface area contributed by atoms with Crippen LogP contribution in [0.3, 0.4) is 0 Å². The number of aromatic nitrogens is 1. The predicted molar refractivity (Wildman–Crippen MR) is 65.5 cm³/mol. The first kappa shape index (κ1) is 9.90. The molecule has 4 nitrogen and oxygen atoms in total. The summed E-state index contributed by atoms with van der Waals surface area (Å²) in [7, 11) is 0. The molecule has 0 amide bonds. The Hall–Kier alpha value is -1.29. The number of rotatable bonds is 1. The van der Waals surface area contributed by atoms with E-state index >= 15 is 0 Å². The normalized spacial score (nSPS) is 25.8. The van der Waals surface area contributed by atoms with Crippen molar-refractivity contribution in [1.82, 2.24) is 9.88 Å². The van der Waals surface area contributed by atoms with Crippen LogP contribution in [-0.4, -0.2) is 42.1 Å². The van der Waals surface area contributed by atoms with Crippen LogP contribution < -0.4 is 10.6 Å². The van der Waals surface area contributed by atoms with Crippen LogP contribution in [0.5, 0.6) is 0 Å². The van der Waals surface area contributed by atoms with Gasteiger partial charge in [0.15, 0.2) is 0 Å². The van der Waals surface area contributed by atoms with E-state index in [-0.39, 0.29) is 0 Å². The summed E-state index contributed by atoms with van der Waals surface area (Å²) in [6.45, 7) is 4.66. The fraction of sp³-hybridized carbons (Fsp3) is 0.583.